The van der Waals surface area contributed by atoms with Crippen LogP contribution in [0.5, 0.6) is 5.75 Å². The number of nitriles is 1. The van der Waals surface area contributed by atoms with Crippen LogP contribution in [0.3, 0.4) is 0 Å². The Kier molecular flexibility index (Phi) is 4.91. The molecular formula is C11H12FN3O2. The van der Waals surface area contributed by atoms with Crippen LogP contribution in [0, 0.1) is 17.1 Å². The molecule has 5 nitrogen and oxygen atoms in total. The number of nitrogens with zero attached hydrogens (tertiary/aromatic N) is 1. The summed E-state index contributed by atoms with van der Waals surface area (Å²) in [5.74, 6) is 4.16. The lowest BCUT2D eigenvalue weighted by atomic mass is 10.2. The molecule has 6 heteroatoms. The predicted molar refractivity (Wildman–Crippen MR) is 58.2 cm³/mol. The molecule has 90 valence electrons. The van der Waals surface area contributed by atoms with Gasteiger partial charge in [-0.25, -0.2) is 10.2 Å². The summed E-state index contributed by atoms with van der Waals surface area (Å²) in [5, 5.41) is 8.73. The summed E-state index contributed by atoms with van der Waals surface area (Å²) < 4.78 is 18.4. The minimum absolute atomic E-state index is 0.129. The summed E-state index contributed by atoms with van der Waals surface area (Å²) in [6, 6.07) is 5.87. The Morgan fingerprint density at radius 1 is 1.59 bits per heavy atom. The average Bonchev–Trinajstić information content (AvgIpc) is 2.34. The Morgan fingerprint density at radius 3 is 3.00 bits per heavy atom. The molecule has 0 saturated carbocycles. The highest BCUT2D eigenvalue weighted by Gasteiger charge is 2.08. The standard InChI is InChI=1S/C11H12FN3O2/c12-9-3-1-4-10(8(9)7-13)17-6-2-5-11(16)15-14/h1,3-4H,2,5-6,14H2,(H,15,16). The molecule has 1 aromatic carbocycles. The van der Waals surface area contributed by atoms with Gasteiger partial charge in [-0.2, -0.15) is 5.26 Å². The van der Waals surface area contributed by atoms with Crippen LogP contribution in [0.15, 0.2) is 18.2 Å². The minimum Gasteiger partial charge on any atom is -0.492 e. The molecule has 1 aromatic rings. The summed E-state index contributed by atoms with van der Waals surface area (Å²) >= 11 is 0. The average molecular weight is 237 g/mol. The van der Waals surface area contributed by atoms with Crippen molar-refractivity contribution in [2.75, 3.05) is 6.61 Å². The minimum atomic E-state index is -0.621. The Bertz CT molecular complexity index is 443. The highest BCUT2D eigenvalue weighted by molar-refractivity contribution is 5.75. The van der Waals surface area contributed by atoms with Crippen molar-refractivity contribution in [3.63, 3.8) is 0 Å². The van der Waals surface area contributed by atoms with E-state index in [9.17, 15) is 9.18 Å². The Morgan fingerprint density at radius 2 is 2.35 bits per heavy atom. The zero-order valence-corrected chi connectivity index (χ0v) is 9.07. The molecular weight excluding hydrogens is 225 g/mol. The number of ether oxygens (including phenoxy) is 1. The van der Waals surface area contributed by atoms with Crippen molar-refractivity contribution in [3.8, 4) is 11.8 Å². The molecule has 0 radical (unpaired) electrons. The fourth-order valence-electron chi connectivity index (χ4n) is 1.22. The van der Waals surface area contributed by atoms with Gasteiger partial charge < -0.3 is 4.74 Å². The smallest absolute Gasteiger partial charge is 0.234 e. The van der Waals surface area contributed by atoms with Gasteiger partial charge in [0.25, 0.3) is 0 Å². The molecule has 0 aromatic heterocycles. The zero-order chi connectivity index (χ0) is 12.7. The molecule has 0 aliphatic carbocycles. The van der Waals surface area contributed by atoms with Gasteiger partial charge in [-0.05, 0) is 18.6 Å². The lowest BCUT2D eigenvalue weighted by Crippen LogP contribution is -2.29. The second-order valence-electron chi connectivity index (χ2n) is 3.24. The molecule has 0 atom stereocenters. The number of carbonyl (C=O) groups excluding carboxylic acids is 1. The Labute approximate surface area is 97.9 Å². The SMILES string of the molecule is N#Cc1c(F)cccc1OCCCC(=O)NN. The van der Waals surface area contributed by atoms with Crippen molar-refractivity contribution >= 4 is 5.91 Å². The highest BCUT2D eigenvalue weighted by atomic mass is 19.1. The van der Waals surface area contributed by atoms with E-state index in [0.29, 0.717) is 6.42 Å². The summed E-state index contributed by atoms with van der Waals surface area (Å²) in [4.78, 5) is 10.8. The fourth-order valence-corrected chi connectivity index (χ4v) is 1.22. The van der Waals surface area contributed by atoms with Crippen molar-refractivity contribution in [1.82, 2.24) is 5.43 Å². The first-order valence-electron chi connectivity index (χ1n) is 5.00. The molecule has 0 bridgehead atoms. The molecule has 0 aliphatic rings. The molecule has 0 aliphatic heterocycles. The van der Waals surface area contributed by atoms with Crippen molar-refractivity contribution in [2.45, 2.75) is 12.8 Å². The largest absolute Gasteiger partial charge is 0.492 e. The van der Waals surface area contributed by atoms with E-state index < -0.39 is 5.82 Å². The topological polar surface area (TPSA) is 88.1 Å². The summed E-state index contributed by atoms with van der Waals surface area (Å²) in [6.07, 6.45) is 0.651. The number of nitrogens with one attached hydrogen (secondary N) is 1. The first-order chi connectivity index (χ1) is 8.19. The molecule has 1 amide bonds. The van der Waals surface area contributed by atoms with E-state index in [1.54, 1.807) is 6.07 Å². The summed E-state index contributed by atoms with van der Waals surface area (Å²) in [7, 11) is 0. The third-order valence-corrected chi connectivity index (χ3v) is 2.05. The van der Waals surface area contributed by atoms with Crippen molar-refractivity contribution in [1.29, 1.82) is 5.26 Å². The van der Waals surface area contributed by atoms with Crippen LogP contribution in [-0.4, -0.2) is 12.5 Å². The van der Waals surface area contributed by atoms with Crippen LogP contribution in [0.1, 0.15) is 18.4 Å². The number of hydrazine groups is 1. The summed E-state index contributed by atoms with van der Waals surface area (Å²) in [6.45, 7) is 0.214. The Balaban J connectivity index is 2.50. The number of benzene rings is 1. The van der Waals surface area contributed by atoms with Crippen LogP contribution in [0.25, 0.3) is 0 Å². The third-order valence-electron chi connectivity index (χ3n) is 2.05. The zero-order valence-electron chi connectivity index (χ0n) is 9.07. The summed E-state index contributed by atoms with van der Waals surface area (Å²) in [5.41, 5.74) is 1.86. The number of carbonyl (C=O) groups is 1. The van der Waals surface area contributed by atoms with Crippen molar-refractivity contribution < 1.29 is 13.9 Å². The number of rotatable bonds is 5. The van der Waals surface area contributed by atoms with Gasteiger partial charge in [0.1, 0.15) is 23.2 Å². The van der Waals surface area contributed by atoms with E-state index in [-0.39, 0.29) is 30.2 Å². The maximum Gasteiger partial charge on any atom is 0.234 e. The van der Waals surface area contributed by atoms with Gasteiger partial charge in [-0.15, -0.1) is 0 Å². The maximum absolute atomic E-state index is 13.2. The van der Waals surface area contributed by atoms with Crippen LogP contribution >= 0.6 is 0 Å². The van der Waals surface area contributed by atoms with E-state index in [4.69, 9.17) is 15.8 Å². The van der Waals surface area contributed by atoms with E-state index in [1.165, 1.54) is 18.2 Å². The van der Waals surface area contributed by atoms with Gasteiger partial charge >= 0.3 is 0 Å². The molecule has 17 heavy (non-hydrogen) atoms. The van der Waals surface area contributed by atoms with Crippen LogP contribution < -0.4 is 16.0 Å². The van der Waals surface area contributed by atoms with Gasteiger partial charge in [0.15, 0.2) is 0 Å². The van der Waals surface area contributed by atoms with Gasteiger partial charge in [0.2, 0.25) is 5.91 Å². The number of hydrogen-bond donors (Lipinski definition) is 2. The van der Waals surface area contributed by atoms with E-state index in [0.717, 1.165) is 0 Å². The van der Waals surface area contributed by atoms with Gasteiger partial charge in [0, 0.05) is 6.42 Å². The van der Waals surface area contributed by atoms with Crippen molar-refractivity contribution in [3.05, 3.63) is 29.6 Å². The lowest BCUT2D eigenvalue weighted by Gasteiger charge is -2.07. The second kappa shape index (κ2) is 6.45. The molecule has 0 heterocycles. The molecule has 0 spiro atoms. The lowest BCUT2D eigenvalue weighted by molar-refractivity contribution is -0.121. The third kappa shape index (κ3) is 3.74. The first-order valence-corrected chi connectivity index (χ1v) is 5.00. The second-order valence-corrected chi connectivity index (χ2v) is 3.24. The molecule has 0 unspecified atom stereocenters. The molecule has 0 fully saturated rings. The predicted octanol–water partition coefficient (Wildman–Crippen LogP) is 0.846. The maximum atomic E-state index is 13.2. The monoisotopic (exact) mass is 237 g/mol. The van der Waals surface area contributed by atoms with Crippen LogP contribution in [0.2, 0.25) is 0 Å². The molecule has 0 saturated heterocycles. The number of nitrogens with two attached hydrogens (primary N) is 1. The normalized spacial score (nSPS) is 9.47. The fraction of sp³-hybridized carbons (Fsp3) is 0.273. The molecule has 3 N–H and O–H groups in total. The van der Waals surface area contributed by atoms with E-state index in [1.807, 2.05) is 5.43 Å². The van der Waals surface area contributed by atoms with Crippen molar-refractivity contribution in [2.24, 2.45) is 5.84 Å². The first kappa shape index (κ1) is 12.9. The van der Waals surface area contributed by atoms with E-state index >= 15 is 0 Å². The van der Waals surface area contributed by atoms with Gasteiger partial charge in [-0.3, -0.25) is 10.2 Å². The van der Waals surface area contributed by atoms with Gasteiger partial charge in [-0.1, -0.05) is 6.07 Å². The van der Waals surface area contributed by atoms with Gasteiger partial charge in [0.05, 0.1) is 6.61 Å². The number of amides is 1. The number of halogens is 1. The van der Waals surface area contributed by atoms with E-state index in [2.05, 4.69) is 0 Å². The number of hydrogen-bond acceptors (Lipinski definition) is 4. The van der Waals surface area contributed by atoms with Crippen LogP contribution in [-0.2, 0) is 4.79 Å². The Hall–Kier alpha value is -2.13. The highest BCUT2D eigenvalue weighted by Crippen LogP contribution is 2.20. The molecule has 1 rings (SSSR count). The van der Waals surface area contributed by atoms with Crippen LogP contribution in [0.4, 0.5) is 4.39 Å². The quantitative estimate of drug-likeness (QED) is 0.344.